The van der Waals surface area contributed by atoms with Gasteiger partial charge in [0, 0.05) is 37.8 Å². The number of fused-ring (bicyclic) bond motifs is 1. The lowest BCUT2D eigenvalue weighted by Crippen LogP contribution is -2.52. The molecule has 1 saturated carbocycles. The number of carbonyl (C=O) groups excluding carboxylic acids is 2. The summed E-state index contributed by atoms with van der Waals surface area (Å²) in [5, 5.41) is 0. The molecule has 0 bridgehead atoms. The summed E-state index contributed by atoms with van der Waals surface area (Å²) in [6.07, 6.45) is 8.47. The van der Waals surface area contributed by atoms with Gasteiger partial charge in [-0.25, -0.2) is 0 Å². The van der Waals surface area contributed by atoms with E-state index in [1.807, 2.05) is 4.90 Å². The number of benzene rings is 2. The maximum absolute atomic E-state index is 14.2. The zero-order valence-corrected chi connectivity index (χ0v) is 21.6. The minimum absolute atomic E-state index is 0.0393. The molecule has 2 aliphatic heterocycles. The van der Waals surface area contributed by atoms with Crippen molar-refractivity contribution in [3.8, 4) is 11.5 Å². The Morgan fingerprint density at radius 2 is 1.58 bits per heavy atom. The van der Waals surface area contributed by atoms with Crippen LogP contribution >= 0.6 is 0 Å². The lowest BCUT2D eigenvalue weighted by Gasteiger charge is -2.42. The summed E-state index contributed by atoms with van der Waals surface area (Å²) in [4.78, 5) is 31.6. The van der Waals surface area contributed by atoms with E-state index in [1.165, 1.54) is 43.2 Å². The van der Waals surface area contributed by atoms with Crippen molar-refractivity contribution in [2.45, 2.75) is 57.9 Å². The van der Waals surface area contributed by atoms with Gasteiger partial charge in [-0.05, 0) is 61.3 Å². The van der Waals surface area contributed by atoms with Crippen LogP contribution in [0.25, 0.3) is 0 Å². The van der Waals surface area contributed by atoms with E-state index in [1.54, 1.807) is 32.4 Å². The first-order valence-corrected chi connectivity index (χ1v) is 13.4. The second kappa shape index (κ2) is 10.5. The third-order valence-electron chi connectivity index (χ3n) is 8.56. The standard InChI is InChI=1S/C30H38N2O4/c1-35-26-16-25(17-27(18-26)36-2)28(33)31-14-12-30(13-15-31)19-23-10-6-7-11-24(23)21-32(29(30)34)20-22-8-4-3-5-9-22/h6-7,10-11,16-18,22H,3-5,8-9,12-15,19-21H2,1-2H3. The minimum atomic E-state index is -0.440. The predicted octanol–water partition coefficient (Wildman–Crippen LogP) is 5.09. The number of hydrogen-bond acceptors (Lipinski definition) is 4. The van der Waals surface area contributed by atoms with E-state index >= 15 is 0 Å². The molecule has 2 fully saturated rings. The van der Waals surface area contributed by atoms with Crippen molar-refractivity contribution in [2.24, 2.45) is 11.3 Å². The molecule has 1 saturated heterocycles. The van der Waals surface area contributed by atoms with Crippen molar-refractivity contribution in [3.63, 3.8) is 0 Å². The molecule has 6 heteroatoms. The van der Waals surface area contributed by atoms with Gasteiger partial charge >= 0.3 is 0 Å². The average Bonchev–Trinajstić information content (AvgIpc) is 3.03. The summed E-state index contributed by atoms with van der Waals surface area (Å²) >= 11 is 0. The van der Waals surface area contributed by atoms with Crippen molar-refractivity contribution in [3.05, 3.63) is 59.2 Å². The topological polar surface area (TPSA) is 59.1 Å². The molecule has 0 aromatic heterocycles. The number of likely N-dealkylation sites (tertiary alicyclic amines) is 1. The number of nitrogens with zero attached hydrogens (tertiary/aromatic N) is 2. The minimum Gasteiger partial charge on any atom is -0.497 e. The summed E-state index contributed by atoms with van der Waals surface area (Å²) in [5.41, 5.74) is 2.68. The fourth-order valence-corrected chi connectivity index (χ4v) is 6.41. The predicted molar refractivity (Wildman–Crippen MR) is 139 cm³/mol. The molecule has 5 rings (SSSR count). The number of methoxy groups -OCH3 is 2. The van der Waals surface area contributed by atoms with Gasteiger partial charge in [-0.1, -0.05) is 43.5 Å². The maximum Gasteiger partial charge on any atom is 0.254 e. The van der Waals surface area contributed by atoms with E-state index in [9.17, 15) is 9.59 Å². The molecular formula is C30H38N2O4. The largest absolute Gasteiger partial charge is 0.497 e. The van der Waals surface area contributed by atoms with Crippen molar-refractivity contribution < 1.29 is 19.1 Å². The van der Waals surface area contributed by atoms with E-state index in [2.05, 4.69) is 29.2 Å². The molecular weight excluding hydrogens is 452 g/mol. The van der Waals surface area contributed by atoms with Crippen LogP contribution in [0.3, 0.4) is 0 Å². The van der Waals surface area contributed by atoms with Gasteiger partial charge in [0.05, 0.1) is 19.6 Å². The highest BCUT2D eigenvalue weighted by atomic mass is 16.5. The van der Waals surface area contributed by atoms with Crippen molar-refractivity contribution >= 4 is 11.8 Å². The Labute approximate surface area is 214 Å². The van der Waals surface area contributed by atoms with Gasteiger partial charge in [-0.2, -0.15) is 0 Å². The smallest absolute Gasteiger partial charge is 0.254 e. The van der Waals surface area contributed by atoms with Crippen molar-refractivity contribution in [1.29, 1.82) is 0 Å². The van der Waals surface area contributed by atoms with E-state index < -0.39 is 5.41 Å². The third-order valence-corrected chi connectivity index (χ3v) is 8.56. The quantitative estimate of drug-likeness (QED) is 0.586. The fraction of sp³-hybridized carbons (Fsp3) is 0.533. The molecule has 192 valence electrons. The van der Waals surface area contributed by atoms with Gasteiger partial charge in [0.2, 0.25) is 5.91 Å². The Morgan fingerprint density at radius 3 is 2.22 bits per heavy atom. The van der Waals surface area contributed by atoms with Crippen molar-refractivity contribution in [2.75, 3.05) is 33.9 Å². The van der Waals surface area contributed by atoms with E-state index in [0.29, 0.717) is 61.4 Å². The highest BCUT2D eigenvalue weighted by Crippen LogP contribution is 2.42. The van der Waals surface area contributed by atoms with E-state index in [-0.39, 0.29) is 5.91 Å². The lowest BCUT2D eigenvalue weighted by atomic mass is 9.72. The van der Waals surface area contributed by atoms with Crippen LogP contribution in [0.4, 0.5) is 0 Å². The molecule has 0 unspecified atom stereocenters. The Bertz CT molecular complexity index is 1080. The number of hydrogen-bond donors (Lipinski definition) is 0. The molecule has 6 nitrogen and oxygen atoms in total. The lowest BCUT2D eigenvalue weighted by molar-refractivity contribution is -0.145. The van der Waals surface area contributed by atoms with Gasteiger partial charge in [-0.3, -0.25) is 9.59 Å². The van der Waals surface area contributed by atoms with E-state index in [0.717, 1.165) is 13.0 Å². The van der Waals surface area contributed by atoms with Gasteiger partial charge in [-0.15, -0.1) is 0 Å². The van der Waals surface area contributed by atoms with Crippen LogP contribution in [0, 0.1) is 11.3 Å². The highest BCUT2D eigenvalue weighted by Gasteiger charge is 2.46. The fourth-order valence-electron chi connectivity index (χ4n) is 6.41. The van der Waals surface area contributed by atoms with Crippen LogP contribution in [0.15, 0.2) is 42.5 Å². The molecule has 2 amide bonds. The first kappa shape index (κ1) is 24.7. The van der Waals surface area contributed by atoms with Crippen LogP contribution in [-0.4, -0.2) is 55.5 Å². The molecule has 0 atom stereocenters. The molecule has 2 heterocycles. The molecule has 36 heavy (non-hydrogen) atoms. The number of carbonyl (C=O) groups is 2. The van der Waals surface area contributed by atoms with Crippen LogP contribution < -0.4 is 9.47 Å². The summed E-state index contributed by atoms with van der Waals surface area (Å²) in [6, 6.07) is 13.8. The molecule has 2 aromatic rings. The van der Waals surface area contributed by atoms with Crippen LogP contribution in [0.1, 0.15) is 66.4 Å². The van der Waals surface area contributed by atoms with Gasteiger partial charge in [0.1, 0.15) is 11.5 Å². The third kappa shape index (κ3) is 4.95. The van der Waals surface area contributed by atoms with Gasteiger partial charge < -0.3 is 19.3 Å². The average molecular weight is 491 g/mol. The Morgan fingerprint density at radius 1 is 0.944 bits per heavy atom. The van der Waals surface area contributed by atoms with Crippen molar-refractivity contribution in [1.82, 2.24) is 9.80 Å². The van der Waals surface area contributed by atoms with Gasteiger partial charge in [0.15, 0.2) is 0 Å². The van der Waals surface area contributed by atoms with Crippen LogP contribution in [0.2, 0.25) is 0 Å². The number of ether oxygens (including phenoxy) is 2. The molecule has 0 radical (unpaired) electrons. The maximum atomic E-state index is 14.2. The Balaban J connectivity index is 1.36. The Hall–Kier alpha value is -3.02. The molecule has 2 aromatic carbocycles. The second-order valence-electron chi connectivity index (χ2n) is 10.8. The SMILES string of the molecule is COc1cc(OC)cc(C(=O)N2CCC3(CC2)Cc2ccccc2CN(CC2CCCCC2)C3=O)c1. The first-order valence-electron chi connectivity index (χ1n) is 13.4. The van der Waals surface area contributed by atoms with Crippen LogP contribution in [0.5, 0.6) is 11.5 Å². The summed E-state index contributed by atoms with van der Waals surface area (Å²) < 4.78 is 10.7. The summed E-state index contributed by atoms with van der Waals surface area (Å²) in [6.45, 7) is 2.72. The summed E-state index contributed by atoms with van der Waals surface area (Å²) in [7, 11) is 3.17. The van der Waals surface area contributed by atoms with Crippen LogP contribution in [-0.2, 0) is 17.8 Å². The zero-order chi connectivity index (χ0) is 25.1. The van der Waals surface area contributed by atoms with Gasteiger partial charge in [0.25, 0.3) is 5.91 Å². The highest BCUT2D eigenvalue weighted by molar-refractivity contribution is 5.95. The molecule has 1 aliphatic carbocycles. The molecule has 3 aliphatic rings. The zero-order valence-electron chi connectivity index (χ0n) is 21.6. The molecule has 1 spiro atoms. The van der Waals surface area contributed by atoms with E-state index in [4.69, 9.17) is 9.47 Å². The first-order chi connectivity index (χ1) is 17.5. The monoisotopic (exact) mass is 490 g/mol. The Kier molecular flexibility index (Phi) is 7.22. The number of rotatable bonds is 5. The number of piperidine rings is 1. The molecule has 0 N–H and O–H groups in total. The number of amides is 2. The second-order valence-corrected chi connectivity index (χ2v) is 10.8. The normalized spacial score (nSPS) is 20.1. The summed E-state index contributed by atoms with van der Waals surface area (Å²) in [5.74, 6) is 2.05.